The lowest BCUT2D eigenvalue weighted by molar-refractivity contribution is -0.120. The summed E-state index contributed by atoms with van der Waals surface area (Å²) in [6.45, 7) is 10.3. The summed E-state index contributed by atoms with van der Waals surface area (Å²) >= 11 is 0. The molecule has 2 aliphatic heterocycles. The fraction of sp³-hybridized carbons (Fsp3) is 0.393. The highest BCUT2D eigenvalue weighted by Gasteiger charge is 2.43. The zero-order valence-electron chi connectivity index (χ0n) is 21.9. The van der Waals surface area contributed by atoms with Crippen molar-refractivity contribution in [1.82, 2.24) is 9.88 Å². The molecule has 0 radical (unpaired) electrons. The minimum atomic E-state index is -0.629. The number of aryl methyl sites for hydroxylation is 2. The lowest BCUT2D eigenvalue weighted by Gasteiger charge is -2.47. The van der Waals surface area contributed by atoms with E-state index in [9.17, 15) is 19.1 Å². The predicted octanol–water partition coefficient (Wildman–Crippen LogP) is 4.77. The number of halogens is 1. The molecular formula is C28H31FN4O4. The summed E-state index contributed by atoms with van der Waals surface area (Å²) in [6.07, 6.45) is 1.23. The number of fused-ring (bicyclic) bond motifs is 5. The molecule has 3 aromatic rings. The van der Waals surface area contributed by atoms with Gasteiger partial charge in [0.2, 0.25) is 0 Å². The minimum absolute atomic E-state index is 0.122. The molecule has 1 saturated heterocycles. The Morgan fingerprint density at radius 1 is 1.19 bits per heavy atom. The first-order chi connectivity index (χ1) is 17.4. The molecule has 8 nitrogen and oxygen atoms in total. The topological polar surface area (TPSA) is 86.2 Å². The molecule has 0 aliphatic carbocycles. The summed E-state index contributed by atoms with van der Waals surface area (Å²) in [5.41, 5.74) is 3.84. The molecule has 2 amide bonds. The Morgan fingerprint density at radius 2 is 1.92 bits per heavy atom. The molecule has 1 N–H and O–H groups in total. The molecule has 2 aromatic carbocycles. The van der Waals surface area contributed by atoms with Gasteiger partial charge in [0, 0.05) is 25.5 Å². The van der Waals surface area contributed by atoms with Crippen molar-refractivity contribution in [3.63, 3.8) is 0 Å². The lowest BCUT2D eigenvalue weighted by atomic mass is 9.90. The number of likely N-dealkylation sites (N-methyl/N-ethyl adjacent to an activating group) is 1. The van der Waals surface area contributed by atoms with Crippen LogP contribution in [0.1, 0.15) is 31.9 Å². The van der Waals surface area contributed by atoms with Gasteiger partial charge in [-0.3, -0.25) is 9.78 Å². The average molecular weight is 507 g/mol. The smallest absolute Gasteiger partial charge is 0.410 e. The van der Waals surface area contributed by atoms with Crippen molar-refractivity contribution >= 4 is 34.3 Å². The van der Waals surface area contributed by atoms with Gasteiger partial charge in [-0.25, -0.2) is 9.18 Å². The van der Waals surface area contributed by atoms with E-state index in [0.717, 1.165) is 22.2 Å². The molecule has 194 valence electrons. The standard InChI is InChI=1S/C28H31FN4O4/c1-15-12-17-24(16(2)22(15)23-18(29)8-7-9-21(23)34)30-13-19-25(17)33-11-10-32(27(36)37-28(3,4)5)14-20(33)26(35)31(19)6/h7-9,12-13,20,34H,10-11,14H2,1-6H3/t20-/m1/s1. The Bertz CT molecular complexity index is 1430. The zero-order chi connectivity index (χ0) is 26.8. The first kappa shape index (κ1) is 24.8. The third kappa shape index (κ3) is 4.02. The number of carbonyl (C=O) groups is 2. The maximum atomic E-state index is 14.8. The highest BCUT2D eigenvalue weighted by Crippen LogP contribution is 2.45. The molecule has 0 spiro atoms. The quantitative estimate of drug-likeness (QED) is 0.512. The number of rotatable bonds is 1. The second-order valence-corrected chi connectivity index (χ2v) is 10.7. The van der Waals surface area contributed by atoms with Gasteiger partial charge < -0.3 is 24.5 Å². The lowest BCUT2D eigenvalue weighted by Crippen LogP contribution is -2.63. The molecule has 0 bridgehead atoms. The van der Waals surface area contributed by atoms with E-state index in [1.165, 1.54) is 18.2 Å². The number of carbonyl (C=O) groups excluding carboxylic acids is 2. The van der Waals surface area contributed by atoms with Crippen LogP contribution >= 0.6 is 0 Å². The van der Waals surface area contributed by atoms with Crippen molar-refractivity contribution in [3.8, 4) is 16.9 Å². The molecule has 9 heteroatoms. The van der Waals surface area contributed by atoms with Crippen LogP contribution in [-0.4, -0.2) is 65.3 Å². The number of piperazine rings is 1. The molecule has 0 saturated carbocycles. The molecule has 5 rings (SSSR count). The van der Waals surface area contributed by atoms with E-state index < -0.39 is 23.6 Å². The van der Waals surface area contributed by atoms with E-state index in [-0.39, 0.29) is 23.8 Å². The predicted molar refractivity (Wildman–Crippen MR) is 141 cm³/mol. The van der Waals surface area contributed by atoms with Gasteiger partial charge in [0.05, 0.1) is 35.2 Å². The molecule has 3 heterocycles. The van der Waals surface area contributed by atoms with Crippen LogP contribution in [0.25, 0.3) is 22.0 Å². The number of pyridine rings is 1. The van der Waals surface area contributed by atoms with Gasteiger partial charge in [-0.15, -0.1) is 0 Å². The van der Waals surface area contributed by atoms with E-state index in [2.05, 4.69) is 4.98 Å². The number of phenols is 1. The van der Waals surface area contributed by atoms with E-state index >= 15 is 0 Å². The van der Waals surface area contributed by atoms with Crippen molar-refractivity contribution in [1.29, 1.82) is 0 Å². The summed E-state index contributed by atoms with van der Waals surface area (Å²) in [7, 11) is 1.71. The summed E-state index contributed by atoms with van der Waals surface area (Å²) < 4.78 is 20.4. The van der Waals surface area contributed by atoms with E-state index in [1.54, 1.807) is 23.0 Å². The second kappa shape index (κ2) is 8.61. The van der Waals surface area contributed by atoms with Crippen LogP contribution in [0.2, 0.25) is 0 Å². The molecule has 37 heavy (non-hydrogen) atoms. The SMILES string of the molecule is Cc1cc2c3c(cnc2c(C)c1-c1c(O)cccc1F)N(C)C(=O)[C@H]1CN(C(=O)OC(C)(C)C)CCN31. The van der Waals surface area contributed by atoms with Crippen LogP contribution in [0.15, 0.2) is 30.5 Å². The Balaban J connectivity index is 1.63. The molecule has 1 fully saturated rings. The minimum Gasteiger partial charge on any atom is -0.507 e. The summed E-state index contributed by atoms with van der Waals surface area (Å²) in [5.74, 6) is -0.761. The first-order valence-corrected chi connectivity index (χ1v) is 12.3. The van der Waals surface area contributed by atoms with Crippen LogP contribution in [0.5, 0.6) is 5.75 Å². The maximum Gasteiger partial charge on any atom is 0.410 e. The molecule has 0 unspecified atom stereocenters. The average Bonchev–Trinajstić information content (AvgIpc) is 2.82. The number of anilines is 2. The summed E-state index contributed by atoms with van der Waals surface area (Å²) in [4.78, 5) is 36.0. The number of phenolic OH excluding ortho intramolecular Hbond substituents is 1. The summed E-state index contributed by atoms with van der Waals surface area (Å²) in [5, 5.41) is 11.3. The number of hydrogen-bond donors (Lipinski definition) is 1. The molecule has 1 atom stereocenters. The van der Waals surface area contributed by atoms with Crippen LogP contribution < -0.4 is 9.80 Å². The van der Waals surface area contributed by atoms with Crippen molar-refractivity contribution in [2.24, 2.45) is 0 Å². The molecule has 2 aliphatic rings. The maximum absolute atomic E-state index is 14.8. The van der Waals surface area contributed by atoms with E-state index in [1.807, 2.05) is 45.6 Å². The van der Waals surface area contributed by atoms with Gasteiger partial charge in [-0.05, 0) is 69.5 Å². The van der Waals surface area contributed by atoms with Gasteiger partial charge in [-0.2, -0.15) is 0 Å². The number of hydrogen-bond acceptors (Lipinski definition) is 6. The number of benzene rings is 2. The number of amides is 2. The fourth-order valence-electron chi connectivity index (χ4n) is 5.43. The Kier molecular flexibility index (Phi) is 5.77. The van der Waals surface area contributed by atoms with Gasteiger partial charge >= 0.3 is 6.09 Å². The van der Waals surface area contributed by atoms with Crippen LogP contribution in [0, 0.1) is 19.7 Å². The Morgan fingerprint density at radius 3 is 2.59 bits per heavy atom. The van der Waals surface area contributed by atoms with Crippen molar-refractivity contribution in [2.45, 2.75) is 46.3 Å². The summed E-state index contributed by atoms with van der Waals surface area (Å²) in [6, 6.07) is 5.64. The van der Waals surface area contributed by atoms with Crippen molar-refractivity contribution in [3.05, 3.63) is 47.4 Å². The number of ether oxygens (including phenoxy) is 1. The zero-order valence-corrected chi connectivity index (χ0v) is 21.9. The van der Waals surface area contributed by atoms with Gasteiger partial charge in [0.25, 0.3) is 5.91 Å². The van der Waals surface area contributed by atoms with Gasteiger partial charge in [0.1, 0.15) is 23.2 Å². The second-order valence-electron chi connectivity index (χ2n) is 10.7. The van der Waals surface area contributed by atoms with Gasteiger partial charge in [0.15, 0.2) is 0 Å². The van der Waals surface area contributed by atoms with Crippen molar-refractivity contribution < 1.29 is 23.8 Å². The largest absolute Gasteiger partial charge is 0.507 e. The van der Waals surface area contributed by atoms with Crippen molar-refractivity contribution in [2.75, 3.05) is 36.5 Å². The van der Waals surface area contributed by atoms with Gasteiger partial charge in [-0.1, -0.05) is 6.07 Å². The Hall–Kier alpha value is -3.88. The highest BCUT2D eigenvalue weighted by atomic mass is 19.1. The highest BCUT2D eigenvalue weighted by molar-refractivity contribution is 6.13. The number of aromatic nitrogens is 1. The van der Waals surface area contributed by atoms with Crippen LogP contribution in [0.3, 0.4) is 0 Å². The first-order valence-electron chi connectivity index (χ1n) is 12.3. The number of aromatic hydroxyl groups is 1. The molecule has 1 aromatic heterocycles. The fourth-order valence-corrected chi connectivity index (χ4v) is 5.43. The number of nitrogens with zero attached hydrogens (tertiary/aromatic N) is 4. The monoisotopic (exact) mass is 506 g/mol. The van der Waals surface area contributed by atoms with Crippen LogP contribution in [0.4, 0.5) is 20.6 Å². The third-order valence-electron chi connectivity index (χ3n) is 7.09. The third-order valence-corrected chi connectivity index (χ3v) is 7.09. The Labute approximate surface area is 215 Å². The van der Waals surface area contributed by atoms with Crippen LogP contribution in [-0.2, 0) is 9.53 Å². The van der Waals surface area contributed by atoms with E-state index in [0.29, 0.717) is 29.9 Å². The normalized spacial score (nSPS) is 17.6. The molecular weight excluding hydrogens is 475 g/mol. The van der Waals surface area contributed by atoms with E-state index in [4.69, 9.17) is 4.74 Å².